The summed E-state index contributed by atoms with van der Waals surface area (Å²) in [7, 11) is 0. The second-order valence-electron chi connectivity index (χ2n) is 16.2. The second kappa shape index (κ2) is 21.0. The number of hydrogen-bond acceptors (Lipinski definition) is 11. The molecule has 306 valence electrons. The molecule has 1 amide bonds. The number of carbonyl (C=O) groups excluding carboxylic acids is 5. The normalized spacial score (nSPS) is 15.4. The minimum Gasteiger partial charge on any atom is -0.460 e. The van der Waals surface area contributed by atoms with Gasteiger partial charge in [-0.25, -0.2) is 14.6 Å². The fourth-order valence-electron chi connectivity index (χ4n) is 5.46. The zero-order valence-corrected chi connectivity index (χ0v) is 37.0. The van der Waals surface area contributed by atoms with Gasteiger partial charge in [-0.1, -0.05) is 60.3 Å². The van der Waals surface area contributed by atoms with Crippen LogP contribution in [0.15, 0.2) is 22.6 Å². The lowest BCUT2D eigenvalue weighted by molar-refractivity contribution is -0.158. The summed E-state index contributed by atoms with van der Waals surface area (Å²) in [6.07, 6.45) is 3.11. The van der Waals surface area contributed by atoms with Crippen LogP contribution in [0.5, 0.6) is 0 Å². The van der Waals surface area contributed by atoms with E-state index in [0.717, 1.165) is 21.8 Å². The molecular formula is C39H59Cl3N2O9S. The van der Waals surface area contributed by atoms with Gasteiger partial charge in [-0.3, -0.25) is 14.4 Å². The molecular weight excluding hydrogens is 779 g/mol. The first-order valence-electron chi connectivity index (χ1n) is 18.0. The van der Waals surface area contributed by atoms with Gasteiger partial charge in [0.1, 0.15) is 30.3 Å². The average Bonchev–Trinajstić information content (AvgIpc) is 3.41. The van der Waals surface area contributed by atoms with E-state index < -0.39 is 75.2 Å². The number of aromatic nitrogens is 1. The van der Waals surface area contributed by atoms with Crippen molar-refractivity contribution in [2.75, 3.05) is 6.61 Å². The van der Waals surface area contributed by atoms with E-state index in [1.807, 2.05) is 39.2 Å². The molecule has 1 aromatic rings. The fourth-order valence-corrected chi connectivity index (χ4v) is 6.19. The lowest BCUT2D eigenvalue weighted by atomic mass is 9.73. The number of amides is 1. The van der Waals surface area contributed by atoms with Gasteiger partial charge >= 0.3 is 18.2 Å². The number of ether oxygens (including phenoxy) is 4. The number of Topliss-reactive ketones (excluding diaryl/α,β-unsaturated/α-hetero) is 2. The van der Waals surface area contributed by atoms with Crippen LogP contribution in [0.4, 0.5) is 9.59 Å². The van der Waals surface area contributed by atoms with Crippen LogP contribution in [-0.4, -0.2) is 68.5 Å². The number of halogens is 3. The maximum absolute atomic E-state index is 13.8. The highest BCUT2D eigenvalue weighted by Gasteiger charge is 2.44. The number of allylic oxidation sites excluding steroid dienone is 1. The molecule has 0 radical (unpaired) electrons. The van der Waals surface area contributed by atoms with Crippen LogP contribution in [0.1, 0.15) is 126 Å². The SMILES string of the molecule is C/C(=C/C[C@H](NC(=O)OC(C)(C)C)/C(C)=C/c1csc(C)n1)CCC[C@H](C)[C@H](OC(=O)OCC(Cl)(Cl)Cl)[C@@H](C)C(=O)C(C)(C)C(=O)CC(=O)OC(C)(C)C. The maximum Gasteiger partial charge on any atom is 0.508 e. The van der Waals surface area contributed by atoms with E-state index in [1.165, 1.54) is 13.8 Å². The first-order chi connectivity index (χ1) is 24.5. The van der Waals surface area contributed by atoms with E-state index >= 15 is 0 Å². The van der Waals surface area contributed by atoms with Gasteiger partial charge in [-0.2, -0.15) is 0 Å². The number of nitrogens with zero attached hydrogens (tertiary/aromatic N) is 1. The highest BCUT2D eigenvalue weighted by atomic mass is 35.6. The Bertz CT molecular complexity index is 1520. The molecule has 15 heteroatoms. The van der Waals surface area contributed by atoms with Gasteiger partial charge in [0, 0.05) is 5.38 Å². The predicted molar refractivity (Wildman–Crippen MR) is 215 cm³/mol. The number of ketones is 2. The highest BCUT2D eigenvalue weighted by molar-refractivity contribution is 7.09. The molecule has 11 nitrogen and oxygen atoms in total. The van der Waals surface area contributed by atoms with Gasteiger partial charge < -0.3 is 24.3 Å². The van der Waals surface area contributed by atoms with Crippen molar-refractivity contribution in [3.8, 4) is 0 Å². The Kier molecular flexibility index (Phi) is 19.2. The molecule has 4 atom stereocenters. The Morgan fingerprint density at radius 2 is 1.54 bits per heavy atom. The standard InChI is InChI=1S/C39H59Cl3N2O9S/c1-23(17-18-29(44-34(48)53-37(9,10)11)25(3)19-28-21-54-27(5)43-28)15-14-16-24(2)32(51-35(49)50-22-39(40,41)42)26(4)33(47)38(12,13)30(45)20-31(46)52-36(6,7)8/h17,19,21,24,26,29,32H,14-16,18,20,22H2,1-13H3,(H,44,48)/b23-17-,25-19+/t24-,26+,29-,32-/m0/s1. The predicted octanol–water partition coefficient (Wildman–Crippen LogP) is 10.3. The molecule has 54 heavy (non-hydrogen) atoms. The summed E-state index contributed by atoms with van der Waals surface area (Å²) in [5, 5.41) is 5.88. The molecule has 0 saturated heterocycles. The number of alkyl halides is 3. The van der Waals surface area contributed by atoms with Crippen molar-refractivity contribution >= 4 is 82.0 Å². The number of rotatable bonds is 18. The van der Waals surface area contributed by atoms with E-state index in [9.17, 15) is 24.0 Å². The summed E-state index contributed by atoms with van der Waals surface area (Å²) in [6.45, 7) is 22.0. The second-order valence-corrected chi connectivity index (χ2v) is 19.8. The molecule has 0 saturated carbocycles. The Labute approximate surface area is 340 Å². The minimum atomic E-state index is -1.88. The Balaban J connectivity index is 3.15. The lowest BCUT2D eigenvalue weighted by Crippen LogP contribution is -2.45. The Hall–Kier alpha value is -2.67. The first-order valence-corrected chi connectivity index (χ1v) is 20.0. The van der Waals surface area contributed by atoms with Crippen LogP contribution in [0.25, 0.3) is 6.08 Å². The summed E-state index contributed by atoms with van der Waals surface area (Å²) in [4.78, 5) is 69.4. The molecule has 0 aromatic carbocycles. The van der Waals surface area contributed by atoms with E-state index in [1.54, 1.807) is 59.8 Å². The van der Waals surface area contributed by atoms with Crippen molar-refractivity contribution in [1.82, 2.24) is 10.3 Å². The molecule has 1 rings (SSSR count). The number of nitrogens with one attached hydrogen (secondary N) is 1. The summed E-state index contributed by atoms with van der Waals surface area (Å²) < 4.78 is 19.6. The third kappa shape index (κ3) is 19.3. The summed E-state index contributed by atoms with van der Waals surface area (Å²) in [5.74, 6) is -3.22. The van der Waals surface area contributed by atoms with Crippen molar-refractivity contribution < 1.29 is 42.9 Å². The molecule has 0 aliphatic rings. The lowest BCUT2D eigenvalue weighted by Gasteiger charge is -2.33. The van der Waals surface area contributed by atoms with E-state index in [4.69, 9.17) is 53.8 Å². The van der Waals surface area contributed by atoms with Crippen molar-refractivity contribution in [3.05, 3.63) is 33.3 Å². The average molecular weight is 838 g/mol. The van der Waals surface area contributed by atoms with Gasteiger partial charge in [0.2, 0.25) is 3.79 Å². The van der Waals surface area contributed by atoms with Crippen molar-refractivity contribution in [3.63, 3.8) is 0 Å². The molecule has 0 bridgehead atoms. The molecule has 1 N–H and O–H groups in total. The smallest absolute Gasteiger partial charge is 0.460 e. The summed E-state index contributed by atoms with van der Waals surface area (Å²) in [6, 6.07) is -0.347. The fraction of sp³-hybridized carbons (Fsp3) is 0.692. The number of alkyl carbamates (subject to hydrolysis) is 1. The van der Waals surface area contributed by atoms with E-state index in [-0.39, 0.29) is 12.0 Å². The van der Waals surface area contributed by atoms with Gasteiger partial charge in [0.25, 0.3) is 0 Å². The van der Waals surface area contributed by atoms with Crippen LogP contribution in [0, 0.1) is 24.2 Å². The topological polar surface area (TPSA) is 147 Å². The Morgan fingerprint density at radius 1 is 0.944 bits per heavy atom. The number of esters is 1. The maximum atomic E-state index is 13.8. The van der Waals surface area contributed by atoms with E-state index in [0.29, 0.717) is 25.7 Å². The summed E-state index contributed by atoms with van der Waals surface area (Å²) >= 11 is 18.8. The van der Waals surface area contributed by atoms with Crippen LogP contribution in [0.3, 0.4) is 0 Å². The largest absolute Gasteiger partial charge is 0.508 e. The zero-order chi connectivity index (χ0) is 41.8. The molecule has 0 aliphatic heterocycles. The molecule has 0 fully saturated rings. The number of carbonyl (C=O) groups is 5. The molecule has 0 aliphatic carbocycles. The number of hydrogen-bond donors (Lipinski definition) is 1. The monoisotopic (exact) mass is 836 g/mol. The van der Waals surface area contributed by atoms with Crippen LogP contribution in [0.2, 0.25) is 0 Å². The van der Waals surface area contributed by atoms with Crippen LogP contribution >= 0.6 is 46.1 Å². The molecule has 0 spiro atoms. The third-order valence-electron chi connectivity index (χ3n) is 8.28. The van der Waals surface area contributed by atoms with Gasteiger partial charge in [0.05, 0.1) is 28.1 Å². The van der Waals surface area contributed by atoms with Gasteiger partial charge in [-0.15, -0.1) is 11.3 Å². The number of aryl methyl sites for hydroxylation is 1. The van der Waals surface area contributed by atoms with Crippen molar-refractivity contribution in [1.29, 1.82) is 0 Å². The van der Waals surface area contributed by atoms with Crippen molar-refractivity contribution in [2.24, 2.45) is 17.3 Å². The molecule has 0 unspecified atom stereocenters. The highest BCUT2D eigenvalue weighted by Crippen LogP contribution is 2.32. The quantitative estimate of drug-likeness (QED) is 0.0498. The third-order valence-corrected chi connectivity index (χ3v) is 9.40. The van der Waals surface area contributed by atoms with Crippen LogP contribution < -0.4 is 5.32 Å². The first kappa shape index (κ1) is 49.3. The van der Waals surface area contributed by atoms with Crippen molar-refractivity contribution in [2.45, 2.75) is 149 Å². The van der Waals surface area contributed by atoms with Gasteiger partial charge in [0.15, 0.2) is 11.6 Å². The van der Waals surface area contributed by atoms with Crippen LogP contribution in [-0.2, 0) is 33.3 Å². The van der Waals surface area contributed by atoms with Gasteiger partial charge in [-0.05, 0) is 119 Å². The number of thiazole rings is 1. The minimum absolute atomic E-state index is 0.347. The Morgan fingerprint density at radius 3 is 2.06 bits per heavy atom. The molecule has 1 heterocycles. The zero-order valence-electron chi connectivity index (χ0n) is 33.9. The molecule has 1 aromatic heterocycles. The summed E-state index contributed by atoms with van der Waals surface area (Å²) in [5.41, 5.74) is -0.256. The van der Waals surface area contributed by atoms with E-state index in [2.05, 4.69) is 16.4 Å².